The molecule has 9 heteroatoms. The summed E-state index contributed by atoms with van der Waals surface area (Å²) in [5, 5.41) is 10.1. The Morgan fingerprint density at radius 2 is 1.95 bits per heavy atom. The van der Waals surface area contributed by atoms with Crippen molar-refractivity contribution in [2.75, 3.05) is 25.2 Å². The van der Waals surface area contributed by atoms with Crippen molar-refractivity contribution in [3.05, 3.63) is 59.2 Å². The number of amides is 2. The van der Waals surface area contributed by atoms with E-state index in [1.165, 1.54) is 0 Å². The number of aliphatic hydroxyl groups excluding tert-OH is 1. The number of β-lactam (4-membered cyclic amide) rings is 1. The van der Waals surface area contributed by atoms with Crippen molar-refractivity contribution in [2.45, 2.75) is 69.6 Å². The maximum Gasteiger partial charge on any atom is 0.228 e. The van der Waals surface area contributed by atoms with Crippen LogP contribution < -0.4 is 9.64 Å². The van der Waals surface area contributed by atoms with Crippen LogP contribution in [0.2, 0.25) is 18.6 Å². The number of anilines is 1. The van der Waals surface area contributed by atoms with Gasteiger partial charge < -0.3 is 29.2 Å². The van der Waals surface area contributed by atoms with E-state index in [-0.39, 0.29) is 48.4 Å². The molecule has 0 spiro atoms. The molecule has 5 atom stereocenters. The molecule has 3 heterocycles. The summed E-state index contributed by atoms with van der Waals surface area (Å²) in [6.45, 7) is 6.79. The Labute approximate surface area is 225 Å². The van der Waals surface area contributed by atoms with Crippen molar-refractivity contribution >= 4 is 25.8 Å². The zero-order chi connectivity index (χ0) is 27.2. The van der Waals surface area contributed by atoms with Gasteiger partial charge in [-0.1, -0.05) is 31.2 Å². The van der Waals surface area contributed by atoms with E-state index in [1.54, 1.807) is 16.9 Å². The largest absolute Gasteiger partial charge is 0.490 e. The summed E-state index contributed by atoms with van der Waals surface area (Å²) >= 11 is 0. The number of nitrogens with zero attached hydrogens (tertiary/aromatic N) is 2. The van der Waals surface area contributed by atoms with Gasteiger partial charge in [-0.15, -0.1) is 0 Å². The predicted octanol–water partition coefficient (Wildman–Crippen LogP) is 3.41. The summed E-state index contributed by atoms with van der Waals surface area (Å²) in [5.74, 6) is 0.546. The maximum atomic E-state index is 13.8. The molecule has 5 rings (SSSR count). The fourth-order valence-corrected chi connectivity index (χ4v) is 8.09. The molecule has 2 aromatic rings. The molecule has 3 aliphatic heterocycles. The van der Waals surface area contributed by atoms with Gasteiger partial charge in [0.05, 0.1) is 18.8 Å². The molecule has 1 saturated heterocycles. The second-order valence-corrected chi connectivity index (χ2v) is 15.5. The van der Waals surface area contributed by atoms with Crippen LogP contribution in [0.25, 0.3) is 0 Å². The van der Waals surface area contributed by atoms with Gasteiger partial charge in [0.25, 0.3) is 0 Å². The van der Waals surface area contributed by atoms with Crippen molar-refractivity contribution in [3.63, 3.8) is 0 Å². The highest BCUT2D eigenvalue weighted by atomic mass is 28.4. The van der Waals surface area contributed by atoms with Crippen molar-refractivity contribution in [3.8, 4) is 5.75 Å². The fourth-order valence-electron chi connectivity index (χ4n) is 6.24. The first-order chi connectivity index (χ1) is 18.1. The SMILES string of the molecule is CO[C@H]1c2cc(N3CCC3=O)ccc2O[C@@H](C(CC(=O)N2Cc3ccccc3C[C@H]2CO)[Si](C)(C)O)[C@@H]1C. The second-order valence-electron chi connectivity index (χ2n) is 11.4. The molecule has 8 nitrogen and oxygen atoms in total. The minimum absolute atomic E-state index is 0.0830. The molecule has 2 amide bonds. The number of aliphatic hydroxyl groups is 1. The van der Waals surface area contributed by atoms with E-state index >= 15 is 0 Å². The third-order valence-corrected chi connectivity index (χ3v) is 10.9. The molecule has 2 aromatic carbocycles. The van der Waals surface area contributed by atoms with Crippen LogP contribution >= 0.6 is 0 Å². The summed E-state index contributed by atoms with van der Waals surface area (Å²) < 4.78 is 12.5. The number of benzene rings is 2. The normalized spacial score (nSPS) is 25.7. The summed E-state index contributed by atoms with van der Waals surface area (Å²) in [6.07, 6.45) is 0.576. The van der Waals surface area contributed by atoms with E-state index in [4.69, 9.17) is 9.47 Å². The smallest absolute Gasteiger partial charge is 0.228 e. The Bertz CT molecular complexity index is 1210. The lowest BCUT2D eigenvalue weighted by atomic mass is 9.85. The summed E-state index contributed by atoms with van der Waals surface area (Å²) in [6, 6.07) is 13.5. The minimum atomic E-state index is -2.89. The van der Waals surface area contributed by atoms with Crippen LogP contribution in [0.4, 0.5) is 5.69 Å². The Hall–Kier alpha value is -2.72. The molecule has 3 aliphatic rings. The Morgan fingerprint density at radius 1 is 1.21 bits per heavy atom. The van der Waals surface area contributed by atoms with Crippen molar-refractivity contribution in [2.24, 2.45) is 5.92 Å². The third-order valence-electron chi connectivity index (χ3n) is 8.56. The van der Waals surface area contributed by atoms with Gasteiger partial charge in [0.2, 0.25) is 11.8 Å². The molecule has 0 radical (unpaired) electrons. The van der Waals surface area contributed by atoms with Crippen LogP contribution in [0.3, 0.4) is 0 Å². The Balaban J connectivity index is 1.41. The number of rotatable bonds is 7. The Kier molecular flexibility index (Phi) is 7.39. The van der Waals surface area contributed by atoms with Gasteiger partial charge in [0.1, 0.15) is 11.9 Å². The molecule has 0 bridgehead atoms. The first kappa shape index (κ1) is 26.9. The lowest BCUT2D eigenvalue weighted by Crippen LogP contribution is -2.52. The average Bonchev–Trinajstić information content (AvgIpc) is 2.89. The van der Waals surface area contributed by atoms with Crippen LogP contribution in [0.15, 0.2) is 42.5 Å². The molecule has 1 unspecified atom stereocenters. The van der Waals surface area contributed by atoms with Gasteiger partial charge in [-0.3, -0.25) is 9.59 Å². The lowest BCUT2D eigenvalue weighted by Gasteiger charge is -2.45. The van der Waals surface area contributed by atoms with Gasteiger partial charge in [-0.05, 0) is 48.8 Å². The molecule has 204 valence electrons. The van der Waals surface area contributed by atoms with Gasteiger partial charge >= 0.3 is 0 Å². The number of ether oxygens (including phenoxy) is 2. The van der Waals surface area contributed by atoms with Crippen molar-refractivity contribution in [1.29, 1.82) is 0 Å². The molecule has 0 saturated carbocycles. The van der Waals surface area contributed by atoms with Crippen LogP contribution in [-0.4, -0.2) is 67.3 Å². The summed E-state index contributed by atoms with van der Waals surface area (Å²) in [4.78, 5) is 40.7. The van der Waals surface area contributed by atoms with Crippen LogP contribution in [0.5, 0.6) is 5.75 Å². The van der Waals surface area contributed by atoms with Gasteiger partial charge in [-0.25, -0.2) is 0 Å². The molecule has 2 N–H and O–H groups in total. The van der Waals surface area contributed by atoms with E-state index in [9.17, 15) is 19.5 Å². The van der Waals surface area contributed by atoms with Crippen LogP contribution in [-0.2, 0) is 27.3 Å². The monoisotopic (exact) mass is 538 g/mol. The molecule has 0 aliphatic carbocycles. The van der Waals surface area contributed by atoms with E-state index in [0.717, 1.165) is 22.4 Å². The first-order valence-electron chi connectivity index (χ1n) is 13.5. The average molecular weight is 539 g/mol. The zero-order valence-electron chi connectivity index (χ0n) is 22.6. The van der Waals surface area contributed by atoms with E-state index in [0.29, 0.717) is 31.7 Å². The highest BCUT2D eigenvalue weighted by Crippen LogP contribution is 2.48. The molecule has 38 heavy (non-hydrogen) atoms. The first-order valence-corrected chi connectivity index (χ1v) is 16.5. The van der Waals surface area contributed by atoms with E-state index in [1.807, 2.05) is 56.4 Å². The van der Waals surface area contributed by atoms with Gasteiger partial charge in [0.15, 0.2) is 8.32 Å². The second kappa shape index (κ2) is 10.4. The van der Waals surface area contributed by atoms with Crippen molar-refractivity contribution < 1.29 is 29.0 Å². The number of hydrogen-bond donors (Lipinski definition) is 2. The zero-order valence-corrected chi connectivity index (χ0v) is 23.6. The van der Waals surface area contributed by atoms with Gasteiger partial charge in [-0.2, -0.15) is 0 Å². The number of methoxy groups -OCH3 is 1. The van der Waals surface area contributed by atoms with E-state index in [2.05, 4.69) is 6.07 Å². The lowest BCUT2D eigenvalue weighted by molar-refractivity contribution is -0.137. The summed E-state index contributed by atoms with van der Waals surface area (Å²) in [5.41, 5.74) is 3.58. The van der Waals surface area contributed by atoms with Gasteiger partial charge in [0, 0.05) is 55.8 Å². The number of fused-ring (bicyclic) bond motifs is 2. The number of hydrogen-bond acceptors (Lipinski definition) is 6. The number of carbonyl (C=O) groups excluding carboxylic acids is 2. The maximum absolute atomic E-state index is 13.8. The highest BCUT2D eigenvalue weighted by molar-refractivity contribution is 6.71. The van der Waals surface area contributed by atoms with E-state index < -0.39 is 14.4 Å². The molecule has 1 fully saturated rings. The molecular weight excluding hydrogens is 500 g/mol. The molecular formula is C29H38N2O6Si. The van der Waals surface area contributed by atoms with Crippen LogP contribution in [0, 0.1) is 5.92 Å². The fraction of sp³-hybridized carbons (Fsp3) is 0.517. The Morgan fingerprint density at radius 3 is 2.55 bits per heavy atom. The number of carbonyl (C=O) groups is 2. The third kappa shape index (κ3) is 4.88. The standard InChI is InChI=1S/C29H38N2O6Si/c1-18-28(36-2)23-14-21(30-12-11-26(30)33)9-10-24(23)37-29(18)25(38(3,4)35)15-27(34)31-16-20-8-6-5-7-19(20)13-22(31)17-32/h5-10,14,18,22,25,28-29,32,35H,11-13,15-17H2,1-4H3/t18-,22+,25?,28-,29-/m1/s1. The highest BCUT2D eigenvalue weighted by Gasteiger charge is 2.48. The topological polar surface area (TPSA) is 99.5 Å². The van der Waals surface area contributed by atoms with Crippen LogP contribution in [0.1, 0.15) is 42.6 Å². The quantitative estimate of drug-likeness (QED) is 0.414. The summed E-state index contributed by atoms with van der Waals surface area (Å²) in [7, 11) is -1.23. The predicted molar refractivity (Wildman–Crippen MR) is 146 cm³/mol. The minimum Gasteiger partial charge on any atom is -0.490 e. The van der Waals surface area contributed by atoms with Crippen molar-refractivity contribution in [1.82, 2.24) is 4.90 Å². The molecule has 0 aromatic heterocycles.